The van der Waals surface area contributed by atoms with E-state index in [1.807, 2.05) is 44.2 Å². The fourth-order valence-corrected chi connectivity index (χ4v) is 4.41. The Morgan fingerprint density at radius 3 is 2.33 bits per heavy atom. The molecule has 0 saturated heterocycles. The SMILES string of the molecule is COc1cccc(CN(C(=O)c2cnc(Nc3cc(C)nc(C)n3)s2)c2cc(OC)cc(OC)c2)c1. The number of nitrogens with one attached hydrogen (secondary N) is 1. The van der Waals surface area contributed by atoms with Crippen LogP contribution >= 0.6 is 11.3 Å². The monoisotopic (exact) mass is 505 g/mol. The highest BCUT2D eigenvalue weighted by atomic mass is 32.1. The molecule has 0 spiro atoms. The first-order valence-electron chi connectivity index (χ1n) is 11.1. The minimum absolute atomic E-state index is 0.214. The maximum absolute atomic E-state index is 13.8. The van der Waals surface area contributed by atoms with E-state index >= 15 is 0 Å². The van der Waals surface area contributed by atoms with Gasteiger partial charge in [0, 0.05) is 30.0 Å². The van der Waals surface area contributed by atoms with Crippen LogP contribution in [0.3, 0.4) is 0 Å². The first-order chi connectivity index (χ1) is 17.4. The van der Waals surface area contributed by atoms with Crippen LogP contribution in [0.4, 0.5) is 16.6 Å². The topological polar surface area (TPSA) is 98.7 Å². The molecule has 1 N–H and O–H groups in total. The van der Waals surface area contributed by atoms with E-state index in [2.05, 4.69) is 20.3 Å². The Hall–Kier alpha value is -4.18. The Bertz CT molecular complexity index is 1330. The predicted octanol–water partition coefficient (Wildman–Crippen LogP) is 5.17. The highest BCUT2D eigenvalue weighted by Gasteiger charge is 2.23. The Morgan fingerprint density at radius 2 is 1.67 bits per heavy atom. The smallest absolute Gasteiger partial charge is 0.270 e. The van der Waals surface area contributed by atoms with Crippen molar-refractivity contribution in [2.24, 2.45) is 0 Å². The van der Waals surface area contributed by atoms with Crippen LogP contribution in [0.5, 0.6) is 17.2 Å². The maximum atomic E-state index is 13.8. The standard InChI is InChI=1S/C26H27N5O4S/c1-16-9-24(29-17(2)28-16)30-26-27-14-23(36-26)25(32)31(15-18-7-6-8-20(10-18)33-3)19-11-21(34-4)13-22(12-19)35-5/h6-14H,15H2,1-5H3,(H,27,28,29,30). The van der Waals surface area contributed by atoms with Gasteiger partial charge in [0.25, 0.3) is 5.91 Å². The van der Waals surface area contributed by atoms with Crippen molar-refractivity contribution in [3.8, 4) is 17.2 Å². The minimum Gasteiger partial charge on any atom is -0.497 e. The molecule has 0 aliphatic carbocycles. The predicted molar refractivity (Wildman–Crippen MR) is 140 cm³/mol. The second kappa shape index (κ2) is 11.0. The van der Waals surface area contributed by atoms with E-state index in [1.165, 1.54) is 11.3 Å². The van der Waals surface area contributed by atoms with Gasteiger partial charge in [-0.1, -0.05) is 23.5 Å². The molecule has 9 nitrogen and oxygen atoms in total. The Morgan fingerprint density at radius 1 is 0.944 bits per heavy atom. The molecule has 0 radical (unpaired) electrons. The lowest BCUT2D eigenvalue weighted by atomic mass is 10.1. The van der Waals surface area contributed by atoms with E-state index in [0.717, 1.165) is 11.3 Å². The summed E-state index contributed by atoms with van der Waals surface area (Å²) in [5, 5.41) is 3.73. The number of hydrogen-bond donors (Lipinski definition) is 1. The third kappa shape index (κ3) is 5.89. The molecule has 186 valence electrons. The number of amides is 1. The maximum Gasteiger partial charge on any atom is 0.270 e. The van der Waals surface area contributed by atoms with E-state index in [-0.39, 0.29) is 5.91 Å². The van der Waals surface area contributed by atoms with Crippen LogP contribution < -0.4 is 24.4 Å². The van der Waals surface area contributed by atoms with E-state index in [1.54, 1.807) is 50.6 Å². The molecule has 4 aromatic rings. The molecule has 0 unspecified atom stereocenters. The molecule has 1 amide bonds. The molecule has 10 heteroatoms. The zero-order chi connectivity index (χ0) is 25.7. The quantitative estimate of drug-likeness (QED) is 0.333. The van der Waals surface area contributed by atoms with Gasteiger partial charge in [-0.25, -0.2) is 15.0 Å². The average Bonchev–Trinajstić information content (AvgIpc) is 3.34. The molecule has 0 saturated carbocycles. The first-order valence-corrected chi connectivity index (χ1v) is 11.9. The van der Waals surface area contributed by atoms with Gasteiger partial charge in [-0.05, 0) is 31.5 Å². The number of aromatic nitrogens is 3. The van der Waals surface area contributed by atoms with Gasteiger partial charge >= 0.3 is 0 Å². The molecule has 0 aliphatic heterocycles. The van der Waals surface area contributed by atoms with E-state index in [9.17, 15) is 4.79 Å². The molecule has 2 aromatic heterocycles. The Labute approximate surface area is 213 Å². The number of rotatable bonds is 9. The lowest BCUT2D eigenvalue weighted by molar-refractivity contribution is 0.0988. The van der Waals surface area contributed by atoms with Crippen LogP contribution in [0.1, 0.15) is 26.8 Å². The van der Waals surface area contributed by atoms with Crippen LogP contribution in [0.2, 0.25) is 0 Å². The lowest BCUT2D eigenvalue weighted by Crippen LogP contribution is -2.30. The van der Waals surface area contributed by atoms with Crippen molar-refractivity contribution in [2.45, 2.75) is 20.4 Å². The molecule has 0 bridgehead atoms. The number of carbonyl (C=O) groups excluding carboxylic acids is 1. The largest absolute Gasteiger partial charge is 0.497 e. The Kier molecular flexibility index (Phi) is 7.65. The highest BCUT2D eigenvalue weighted by molar-refractivity contribution is 7.17. The van der Waals surface area contributed by atoms with Gasteiger partial charge in [0.15, 0.2) is 5.13 Å². The Balaban J connectivity index is 1.68. The van der Waals surface area contributed by atoms with Gasteiger partial charge in [0.05, 0.1) is 39.8 Å². The van der Waals surface area contributed by atoms with Gasteiger partial charge < -0.3 is 24.4 Å². The minimum atomic E-state index is -0.214. The van der Waals surface area contributed by atoms with Gasteiger partial charge in [0.1, 0.15) is 33.8 Å². The summed E-state index contributed by atoms with van der Waals surface area (Å²) in [5.74, 6) is 2.93. The molecule has 2 aromatic carbocycles. The number of carbonyl (C=O) groups is 1. The molecule has 0 atom stereocenters. The lowest BCUT2D eigenvalue weighted by Gasteiger charge is -2.23. The number of thiazole rings is 1. The number of benzene rings is 2. The molecule has 0 aliphatic rings. The van der Waals surface area contributed by atoms with Crippen molar-refractivity contribution in [1.29, 1.82) is 0 Å². The molecule has 0 fully saturated rings. The second-order valence-electron chi connectivity index (χ2n) is 7.91. The first kappa shape index (κ1) is 24.9. The summed E-state index contributed by atoms with van der Waals surface area (Å²) in [7, 11) is 4.76. The fraction of sp³-hybridized carbons (Fsp3) is 0.231. The summed E-state index contributed by atoms with van der Waals surface area (Å²) in [6.45, 7) is 4.03. The number of methoxy groups -OCH3 is 3. The second-order valence-corrected chi connectivity index (χ2v) is 8.94. The summed E-state index contributed by atoms with van der Waals surface area (Å²) < 4.78 is 16.2. The van der Waals surface area contributed by atoms with Crippen molar-refractivity contribution in [3.05, 3.63) is 76.7 Å². The van der Waals surface area contributed by atoms with E-state index in [4.69, 9.17) is 14.2 Å². The molecule has 36 heavy (non-hydrogen) atoms. The summed E-state index contributed by atoms with van der Waals surface area (Å²) in [4.78, 5) is 29.0. The fourth-order valence-electron chi connectivity index (χ4n) is 3.64. The van der Waals surface area contributed by atoms with Crippen molar-refractivity contribution >= 4 is 33.9 Å². The third-order valence-corrected chi connectivity index (χ3v) is 6.19. The number of ether oxygens (including phenoxy) is 3. The van der Waals surface area contributed by atoms with Crippen LogP contribution in [0, 0.1) is 13.8 Å². The van der Waals surface area contributed by atoms with Gasteiger partial charge in [-0.15, -0.1) is 0 Å². The van der Waals surface area contributed by atoms with Crippen LogP contribution in [-0.4, -0.2) is 42.2 Å². The zero-order valence-corrected chi connectivity index (χ0v) is 21.5. The van der Waals surface area contributed by atoms with Crippen LogP contribution in [0.25, 0.3) is 0 Å². The van der Waals surface area contributed by atoms with Crippen molar-refractivity contribution in [3.63, 3.8) is 0 Å². The number of nitrogens with zero attached hydrogens (tertiary/aromatic N) is 4. The summed E-state index contributed by atoms with van der Waals surface area (Å²) in [6.07, 6.45) is 1.56. The number of aryl methyl sites for hydroxylation is 2. The highest BCUT2D eigenvalue weighted by Crippen LogP contribution is 2.32. The van der Waals surface area contributed by atoms with Crippen LogP contribution in [0.15, 0.2) is 54.7 Å². The summed E-state index contributed by atoms with van der Waals surface area (Å²) in [5.41, 5.74) is 2.37. The van der Waals surface area contributed by atoms with Gasteiger partial charge in [0.2, 0.25) is 0 Å². The molecular formula is C26H27N5O4S. The normalized spacial score (nSPS) is 10.6. The molecule has 2 heterocycles. The molecule has 4 rings (SSSR count). The summed E-state index contributed by atoms with van der Waals surface area (Å²) in [6, 6.07) is 14.8. The van der Waals surface area contributed by atoms with E-state index < -0.39 is 0 Å². The molecular weight excluding hydrogens is 478 g/mol. The average molecular weight is 506 g/mol. The van der Waals surface area contributed by atoms with Crippen molar-refractivity contribution in [2.75, 3.05) is 31.5 Å². The number of hydrogen-bond acceptors (Lipinski definition) is 9. The van der Waals surface area contributed by atoms with Gasteiger partial charge in [-0.3, -0.25) is 4.79 Å². The number of anilines is 3. The van der Waals surface area contributed by atoms with Gasteiger partial charge in [-0.2, -0.15) is 0 Å². The summed E-state index contributed by atoms with van der Waals surface area (Å²) >= 11 is 1.25. The van der Waals surface area contributed by atoms with Crippen LogP contribution in [-0.2, 0) is 6.54 Å². The van der Waals surface area contributed by atoms with Crippen molar-refractivity contribution in [1.82, 2.24) is 15.0 Å². The van der Waals surface area contributed by atoms with E-state index in [0.29, 0.717) is 51.1 Å². The zero-order valence-electron chi connectivity index (χ0n) is 20.7. The van der Waals surface area contributed by atoms with Crippen molar-refractivity contribution < 1.29 is 19.0 Å². The third-order valence-electron chi connectivity index (χ3n) is 5.29.